The summed E-state index contributed by atoms with van der Waals surface area (Å²) in [5.41, 5.74) is -0.892. The van der Waals surface area contributed by atoms with Crippen molar-refractivity contribution in [1.29, 1.82) is 0 Å². The monoisotopic (exact) mass is 315 g/mol. The highest BCUT2D eigenvalue weighted by Gasteiger charge is 2.33. The lowest BCUT2D eigenvalue weighted by molar-refractivity contribution is -0.137. The van der Waals surface area contributed by atoms with Gasteiger partial charge in [-0.15, -0.1) is 0 Å². The highest BCUT2D eigenvalue weighted by Crippen LogP contribution is 2.36. The second-order valence-corrected chi connectivity index (χ2v) is 4.65. The first-order chi connectivity index (χ1) is 9.79. The molecule has 0 bridgehead atoms. The van der Waals surface area contributed by atoms with Gasteiger partial charge in [0.15, 0.2) is 0 Å². The number of carbonyl (C=O) groups is 1. The summed E-state index contributed by atoms with van der Waals surface area (Å²) in [5.74, 6) is -1.16. The minimum Gasteiger partial charge on any atom is -0.481 e. The lowest BCUT2D eigenvalue weighted by Crippen LogP contribution is -2.08. The minimum atomic E-state index is -4.52. The number of carboxylic acid groups (broad SMARTS) is 1. The number of hydrogen-bond acceptors (Lipinski definition) is 2. The van der Waals surface area contributed by atoms with Crippen LogP contribution in [-0.4, -0.2) is 16.1 Å². The van der Waals surface area contributed by atoms with Crippen LogP contribution in [-0.2, 0) is 17.4 Å². The Bertz CT molecular complexity index is 686. The molecule has 0 aliphatic carbocycles. The molecule has 1 heterocycles. The molecule has 0 saturated heterocycles. The van der Waals surface area contributed by atoms with Gasteiger partial charge in [0.25, 0.3) is 0 Å². The SMILES string of the molecule is O=C(O)Cc1nc(-c2ccccc2C(F)(F)F)ccc1Cl. The second-order valence-electron chi connectivity index (χ2n) is 4.24. The lowest BCUT2D eigenvalue weighted by atomic mass is 10.0. The van der Waals surface area contributed by atoms with Gasteiger partial charge in [-0.05, 0) is 18.2 Å². The number of hydrogen-bond donors (Lipinski definition) is 1. The number of aromatic nitrogens is 1. The summed E-state index contributed by atoms with van der Waals surface area (Å²) in [5, 5.41) is 8.86. The number of carboxylic acids is 1. The van der Waals surface area contributed by atoms with Gasteiger partial charge in [-0.2, -0.15) is 13.2 Å². The molecule has 110 valence electrons. The van der Waals surface area contributed by atoms with Gasteiger partial charge < -0.3 is 5.11 Å². The van der Waals surface area contributed by atoms with Crippen LogP contribution >= 0.6 is 11.6 Å². The van der Waals surface area contributed by atoms with E-state index in [9.17, 15) is 18.0 Å². The van der Waals surface area contributed by atoms with E-state index in [1.807, 2.05) is 0 Å². The first kappa shape index (κ1) is 15.3. The predicted molar refractivity (Wildman–Crippen MR) is 71.0 cm³/mol. The van der Waals surface area contributed by atoms with E-state index in [0.29, 0.717) is 0 Å². The van der Waals surface area contributed by atoms with Gasteiger partial charge in [-0.3, -0.25) is 9.78 Å². The molecule has 0 amide bonds. The van der Waals surface area contributed by atoms with Crippen molar-refractivity contribution < 1.29 is 23.1 Å². The standard InChI is InChI=1S/C14H9ClF3NO2/c15-10-5-6-11(19-12(10)7-13(20)21)8-3-1-2-4-9(8)14(16,17)18/h1-6H,7H2,(H,20,21). The summed E-state index contributed by atoms with van der Waals surface area (Å²) in [6, 6.07) is 7.64. The van der Waals surface area contributed by atoms with Gasteiger partial charge in [0, 0.05) is 5.56 Å². The maximum atomic E-state index is 13.0. The van der Waals surface area contributed by atoms with Crippen molar-refractivity contribution in [2.45, 2.75) is 12.6 Å². The van der Waals surface area contributed by atoms with Crippen molar-refractivity contribution >= 4 is 17.6 Å². The van der Waals surface area contributed by atoms with E-state index < -0.39 is 24.1 Å². The number of benzene rings is 1. The second kappa shape index (κ2) is 5.73. The Kier molecular flexibility index (Phi) is 4.18. The Balaban J connectivity index is 2.55. The maximum Gasteiger partial charge on any atom is 0.417 e. The van der Waals surface area contributed by atoms with Crippen LogP contribution < -0.4 is 0 Å². The zero-order valence-electron chi connectivity index (χ0n) is 10.5. The largest absolute Gasteiger partial charge is 0.481 e. The number of pyridine rings is 1. The highest BCUT2D eigenvalue weighted by atomic mass is 35.5. The molecule has 21 heavy (non-hydrogen) atoms. The molecule has 0 aliphatic heterocycles. The van der Waals surface area contributed by atoms with Crippen LogP contribution in [0.1, 0.15) is 11.3 Å². The average molecular weight is 316 g/mol. The van der Waals surface area contributed by atoms with Crippen LogP contribution in [0, 0.1) is 0 Å². The molecule has 1 N–H and O–H groups in total. The van der Waals surface area contributed by atoms with Crippen molar-refractivity contribution in [2.24, 2.45) is 0 Å². The zero-order chi connectivity index (χ0) is 15.6. The molecule has 0 saturated carbocycles. The zero-order valence-corrected chi connectivity index (χ0v) is 11.2. The van der Waals surface area contributed by atoms with Gasteiger partial charge >= 0.3 is 12.1 Å². The molecule has 3 nitrogen and oxygen atoms in total. The molecule has 2 aromatic rings. The van der Waals surface area contributed by atoms with Crippen LogP contribution in [0.5, 0.6) is 0 Å². The Labute approximate surface area is 123 Å². The lowest BCUT2D eigenvalue weighted by Gasteiger charge is -2.13. The third-order valence-electron chi connectivity index (χ3n) is 2.75. The van der Waals surface area contributed by atoms with E-state index in [2.05, 4.69) is 4.98 Å². The smallest absolute Gasteiger partial charge is 0.417 e. The molecule has 2 rings (SSSR count). The Hall–Kier alpha value is -2.08. The number of nitrogens with zero attached hydrogens (tertiary/aromatic N) is 1. The Morgan fingerprint density at radius 3 is 2.48 bits per heavy atom. The number of aliphatic carboxylic acids is 1. The average Bonchev–Trinajstić information content (AvgIpc) is 2.40. The molecule has 0 unspecified atom stereocenters. The highest BCUT2D eigenvalue weighted by molar-refractivity contribution is 6.31. The topological polar surface area (TPSA) is 50.2 Å². The molecule has 0 aliphatic rings. The van der Waals surface area contributed by atoms with Crippen molar-refractivity contribution in [3.8, 4) is 11.3 Å². The van der Waals surface area contributed by atoms with Crippen molar-refractivity contribution in [2.75, 3.05) is 0 Å². The molecule has 0 spiro atoms. The van der Waals surface area contributed by atoms with Crippen molar-refractivity contribution in [3.63, 3.8) is 0 Å². The van der Waals surface area contributed by atoms with Crippen LogP contribution in [0.25, 0.3) is 11.3 Å². The van der Waals surface area contributed by atoms with E-state index >= 15 is 0 Å². The molecule has 0 fully saturated rings. The summed E-state index contributed by atoms with van der Waals surface area (Å²) in [7, 11) is 0. The van der Waals surface area contributed by atoms with Crippen LogP contribution in [0.3, 0.4) is 0 Å². The van der Waals surface area contributed by atoms with E-state index in [1.54, 1.807) is 0 Å². The fourth-order valence-electron chi connectivity index (χ4n) is 1.86. The number of alkyl halides is 3. The molecule has 0 atom stereocenters. The summed E-state index contributed by atoms with van der Waals surface area (Å²) >= 11 is 5.81. The normalized spacial score (nSPS) is 11.4. The predicted octanol–water partition coefficient (Wildman–Crippen LogP) is 4.05. The molecule has 1 aromatic heterocycles. The first-order valence-corrected chi connectivity index (χ1v) is 6.20. The number of rotatable bonds is 3. The van der Waals surface area contributed by atoms with Crippen LogP contribution in [0.2, 0.25) is 5.02 Å². The quantitative estimate of drug-likeness (QED) is 0.929. The van der Waals surface area contributed by atoms with Gasteiger partial charge in [0.1, 0.15) is 0 Å². The van der Waals surface area contributed by atoms with Gasteiger partial charge in [-0.1, -0.05) is 29.8 Å². The Morgan fingerprint density at radius 2 is 1.86 bits per heavy atom. The van der Waals surface area contributed by atoms with E-state index in [0.717, 1.165) is 6.07 Å². The van der Waals surface area contributed by atoms with E-state index in [-0.39, 0.29) is 22.0 Å². The fourth-order valence-corrected chi connectivity index (χ4v) is 2.03. The van der Waals surface area contributed by atoms with Gasteiger partial charge in [0.2, 0.25) is 0 Å². The van der Waals surface area contributed by atoms with E-state index in [1.165, 1.54) is 30.3 Å². The molecular formula is C14H9ClF3NO2. The summed E-state index contributed by atoms with van der Waals surface area (Å²) in [6.07, 6.45) is -4.98. The number of halogens is 4. The van der Waals surface area contributed by atoms with Gasteiger partial charge in [-0.25, -0.2) is 0 Å². The third-order valence-corrected chi connectivity index (χ3v) is 3.09. The molecule has 1 aromatic carbocycles. The van der Waals surface area contributed by atoms with E-state index in [4.69, 9.17) is 16.7 Å². The summed E-state index contributed by atoms with van der Waals surface area (Å²) in [6.45, 7) is 0. The first-order valence-electron chi connectivity index (χ1n) is 5.83. The molecular weight excluding hydrogens is 307 g/mol. The third kappa shape index (κ3) is 3.52. The maximum absolute atomic E-state index is 13.0. The Morgan fingerprint density at radius 1 is 1.19 bits per heavy atom. The summed E-state index contributed by atoms with van der Waals surface area (Å²) < 4.78 is 38.9. The van der Waals surface area contributed by atoms with Crippen molar-refractivity contribution in [1.82, 2.24) is 4.98 Å². The van der Waals surface area contributed by atoms with Crippen LogP contribution in [0.15, 0.2) is 36.4 Å². The minimum absolute atomic E-state index is 0.0265. The molecule has 7 heteroatoms. The summed E-state index contributed by atoms with van der Waals surface area (Å²) in [4.78, 5) is 14.7. The van der Waals surface area contributed by atoms with Gasteiger partial charge in [0.05, 0.1) is 28.4 Å². The molecule has 0 radical (unpaired) electrons. The fraction of sp³-hybridized carbons (Fsp3) is 0.143. The van der Waals surface area contributed by atoms with Crippen molar-refractivity contribution in [3.05, 3.63) is 52.7 Å². The van der Waals surface area contributed by atoms with Crippen LogP contribution in [0.4, 0.5) is 13.2 Å².